The van der Waals surface area contributed by atoms with E-state index in [0.29, 0.717) is 30.6 Å². The summed E-state index contributed by atoms with van der Waals surface area (Å²) in [4.78, 5) is 0. The molecule has 0 spiro atoms. The lowest BCUT2D eigenvalue weighted by molar-refractivity contribution is -0.0550. The summed E-state index contributed by atoms with van der Waals surface area (Å²) in [5.74, 6) is 1.35. The van der Waals surface area contributed by atoms with Gasteiger partial charge in [0.05, 0.1) is 18.8 Å². The molecule has 2 N–H and O–H groups in total. The average molecular weight is 271 g/mol. The number of aliphatic hydroxyl groups excluding tert-OH is 1. The van der Waals surface area contributed by atoms with E-state index in [2.05, 4.69) is 39.9 Å². The Hall–Kier alpha value is -0.120. The zero-order chi connectivity index (χ0) is 14.5. The minimum absolute atomic E-state index is 0.318. The van der Waals surface area contributed by atoms with Gasteiger partial charge in [-0.25, -0.2) is 0 Å². The van der Waals surface area contributed by atoms with Crippen LogP contribution in [0.3, 0.4) is 0 Å². The molecule has 0 aromatic rings. The quantitative estimate of drug-likeness (QED) is 0.748. The number of nitrogens with one attached hydrogen (secondary N) is 1. The molecule has 0 aromatic carbocycles. The zero-order valence-electron chi connectivity index (χ0n) is 13.4. The molecule has 0 amide bonds. The first-order valence-electron chi connectivity index (χ1n) is 7.79. The Kier molecular flexibility index (Phi) is 6.78. The highest BCUT2D eigenvalue weighted by Gasteiger charge is 2.32. The molecule has 114 valence electrons. The molecule has 1 saturated carbocycles. The maximum Gasteiger partial charge on any atom is 0.0897 e. The van der Waals surface area contributed by atoms with Crippen molar-refractivity contribution in [2.24, 2.45) is 17.3 Å². The van der Waals surface area contributed by atoms with Gasteiger partial charge in [-0.15, -0.1) is 0 Å². The van der Waals surface area contributed by atoms with Gasteiger partial charge in [0.25, 0.3) is 0 Å². The fourth-order valence-electron chi connectivity index (χ4n) is 3.23. The van der Waals surface area contributed by atoms with Crippen LogP contribution in [-0.2, 0) is 4.74 Å². The predicted octanol–water partition coefficient (Wildman–Crippen LogP) is 2.82. The summed E-state index contributed by atoms with van der Waals surface area (Å²) in [6.07, 6.45) is 3.46. The molecule has 0 aromatic heterocycles. The van der Waals surface area contributed by atoms with Gasteiger partial charge in [-0.2, -0.15) is 0 Å². The summed E-state index contributed by atoms with van der Waals surface area (Å²) in [6.45, 7) is 13.3. The fourth-order valence-corrected chi connectivity index (χ4v) is 3.23. The Morgan fingerprint density at radius 1 is 1.26 bits per heavy atom. The molecule has 3 unspecified atom stereocenters. The summed E-state index contributed by atoms with van der Waals surface area (Å²) in [5.41, 5.74) is 0.378. The third-order valence-corrected chi connectivity index (χ3v) is 3.80. The maximum absolute atomic E-state index is 9.90. The normalized spacial score (nSPS) is 28.6. The molecular weight excluding hydrogens is 238 g/mol. The molecular formula is C16H33NO2. The minimum atomic E-state index is -0.390. The van der Waals surface area contributed by atoms with Crippen LogP contribution in [0.2, 0.25) is 0 Å². The highest BCUT2D eigenvalue weighted by atomic mass is 16.5. The summed E-state index contributed by atoms with van der Waals surface area (Å²) < 4.78 is 5.92. The molecule has 19 heavy (non-hydrogen) atoms. The molecule has 0 heterocycles. The van der Waals surface area contributed by atoms with Gasteiger partial charge >= 0.3 is 0 Å². The number of aliphatic hydroxyl groups is 1. The van der Waals surface area contributed by atoms with Crippen molar-refractivity contribution < 1.29 is 9.84 Å². The first-order chi connectivity index (χ1) is 8.78. The Bertz CT molecular complexity index is 253. The Labute approximate surface area is 119 Å². The molecule has 3 nitrogen and oxygen atoms in total. The molecule has 1 fully saturated rings. The van der Waals surface area contributed by atoms with Crippen LogP contribution in [-0.4, -0.2) is 37.0 Å². The molecule has 1 aliphatic rings. The molecule has 3 atom stereocenters. The second-order valence-electron chi connectivity index (χ2n) is 7.57. The minimum Gasteiger partial charge on any atom is -0.389 e. The zero-order valence-corrected chi connectivity index (χ0v) is 13.4. The van der Waals surface area contributed by atoms with E-state index in [9.17, 15) is 5.11 Å². The van der Waals surface area contributed by atoms with Crippen molar-refractivity contribution >= 4 is 0 Å². The third-order valence-electron chi connectivity index (χ3n) is 3.80. The summed E-state index contributed by atoms with van der Waals surface area (Å²) in [7, 11) is 0. The van der Waals surface area contributed by atoms with Crippen molar-refractivity contribution in [3.63, 3.8) is 0 Å². The van der Waals surface area contributed by atoms with Crippen LogP contribution in [0, 0.1) is 17.3 Å². The van der Waals surface area contributed by atoms with Crippen LogP contribution < -0.4 is 5.32 Å². The van der Waals surface area contributed by atoms with Crippen LogP contribution in [0.4, 0.5) is 0 Å². The van der Waals surface area contributed by atoms with Crippen LogP contribution in [0.15, 0.2) is 0 Å². The number of rotatable bonds is 7. The fraction of sp³-hybridized carbons (Fsp3) is 1.00. The lowest BCUT2D eigenvalue weighted by Gasteiger charge is -2.39. The lowest BCUT2D eigenvalue weighted by atomic mass is 9.71. The SMILES string of the molecule is CC(C)CNCC(O)COC1CC(C)CC(C)(C)C1. The van der Waals surface area contributed by atoms with Gasteiger partial charge in [0.1, 0.15) is 0 Å². The standard InChI is InChI=1S/C16H33NO2/c1-12(2)9-17-10-14(18)11-19-15-6-13(3)7-16(4,5)8-15/h12-15,17-18H,6-11H2,1-5H3. The molecule has 0 radical (unpaired) electrons. The van der Waals surface area contributed by atoms with Gasteiger partial charge in [-0.3, -0.25) is 0 Å². The average Bonchev–Trinajstić information content (AvgIpc) is 2.23. The third kappa shape index (κ3) is 7.28. The topological polar surface area (TPSA) is 41.5 Å². The van der Waals surface area contributed by atoms with E-state index in [4.69, 9.17) is 4.74 Å². The molecule has 0 aliphatic heterocycles. The number of hydrogen-bond acceptors (Lipinski definition) is 3. The van der Waals surface area contributed by atoms with Crippen LogP contribution in [0.1, 0.15) is 53.9 Å². The molecule has 3 heteroatoms. The molecule has 1 aliphatic carbocycles. The second-order valence-corrected chi connectivity index (χ2v) is 7.57. The van der Waals surface area contributed by atoms with E-state index in [-0.39, 0.29) is 6.10 Å². The first kappa shape index (κ1) is 16.9. The Morgan fingerprint density at radius 3 is 2.53 bits per heavy atom. The van der Waals surface area contributed by atoms with Crippen molar-refractivity contribution in [2.45, 2.75) is 66.1 Å². The van der Waals surface area contributed by atoms with E-state index in [1.54, 1.807) is 0 Å². The molecule has 1 rings (SSSR count). The number of hydrogen-bond donors (Lipinski definition) is 2. The van der Waals surface area contributed by atoms with Crippen molar-refractivity contribution in [3.8, 4) is 0 Å². The van der Waals surface area contributed by atoms with E-state index >= 15 is 0 Å². The van der Waals surface area contributed by atoms with Crippen molar-refractivity contribution in [3.05, 3.63) is 0 Å². The van der Waals surface area contributed by atoms with Gasteiger partial charge in [0.15, 0.2) is 0 Å². The van der Waals surface area contributed by atoms with Gasteiger partial charge in [0.2, 0.25) is 0 Å². The van der Waals surface area contributed by atoms with Gasteiger partial charge < -0.3 is 15.2 Å². The second kappa shape index (κ2) is 7.61. The highest BCUT2D eigenvalue weighted by Crippen LogP contribution is 2.39. The van der Waals surface area contributed by atoms with Crippen LogP contribution >= 0.6 is 0 Å². The van der Waals surface area contributed by atoms with Crippen molar-refractivity contribution in [1.82, 2.24) is 5.32 Å². The summed E-state index contributed by atoms with van der Waals surface area (Å²) in [6, 6.07) is 0. The van der Waals surface area contributed by atoms with Gasteiger partial charge in [-0.1, -0.05) is 34.6 Å². The van der Waals surface area contributed by atoms with E-state index in [1.807, 2.05) is 0 Å². The van der Waals surface area contributed by atoms with Crippen LogP contribution in [0.25, 0.3) is 0 Å². The molecule has 0 bridgehead atoms. The Morgan fingerprint density at radius 2 is 1.95 bits per heavy atom. The summed E-state index contributed by atoms with van der Waals surface area (Å²) >= 11 is 0. The monoisotopic (exact) mass is 271 g/mol. The largest absolute Gasteiger partial charge is 0.389 e. The Balaban J connectivity index is 2.20. The van der Waals surface area contributed by atoms with E-state index < -0.39 is 0 Å². The smallest absolute Gasteiger partial charge is 0.0897 e. The summed E-state index contributed by atoms with van der Waals surface area (Å²) in [5, 5.41) is 13.2. The highest BCUT2D eigenvalue weighted by molar-refractivity contribution is 4.83. The first-order valence-corrected chi connectivity index (χ1v) is 7.79. The lowest BCUT2D eigenvalue weighted by Crippen LogP contribution is -2.37. The van der Waals surface area contributed by atoms with Crippen molar-refractivity contribution in [2.75, 3.05) is 19.7 Å². The van der Waals surface area contributed by atoms with E-state index in [0.717, 1.165) is 25.3 Å². The van der Waals surface area contributed by atoms with Crippen molar-refractivity contribution in [1.29, 1.82) is 0 Å². The predicted molar refractivity (Wildman–Crippen MR) is 80.3 cm³/mol. The van der Waals surface area contributed by atoms with E-state index in [1.165, 1.54) is 6.42 Å². The number of ether oxygens (including phenoxy) is 1. The maximum atomic E-state index is 9.90. The molecule has 0 saturated heterocycles. The van der Waals surface area contributed by atoms with Gasteiger partial charge in [0, 0.05) is 6.54 Å². The van der Waals surface area contributed by atoms with Gasteiger partial charge in [-0.05, 0) is 43.1 Å². The van der Waals surface area contributed by atoms with Crippen LogP contribution in [0.5, 0.6) is 0 Å².